The van der Waals surface area contributed by atoms with Crippen molar-refractivity contribution in [2.45, 2.75) is 19.4 Å². The van der Waals surface area contributed by atoms with Gasteiger partial charge in [-0.3, -0.25) is 10.1 Å². The Morgan fingerprint density at radius 3 is 2.81 bits per heavy atom. The molecule has 0 aliphatic carbocycles. The molecule has 1 aromatic carbocycles. The van der Waals surface area contributed by atoms with Crippen LogP contribution >= 0.6 is 0 Å². The van der Waals surface area contributed by atoms with Gasteiger partial charge >= 0.3 is 5.69 Å². The van der Waals surface area contributed by atoms with Crippen LogP contribution in [0.4, 0.5) is 5.69 Å². The summed E-state index contributed by atoms with van der Waals surface area (Å²) < 4.78 is 10.7. The molecule has 1 aromatic heterocycles. The van der Waals surface area contributed by atoms with Crippen molar-refractivity contribution in [3.05, 3.63) is 58.5 Å². The highest BCUT2D eigenvalue weighted by atomic mass is 16.6. The lowest BCUT2D eigenvalue weighted by molar-refractivity contribution is -0.672. The molecule has 0 fully saturated rings. The van der Waals surface area contributed by atoms with Crippen molar-refractivity contribution < 1.29 is 19.4 Å². The van der Waals surface area contributed by atoms with Crippen LogP contribution in [0.3, 0.4) is 0 Å². The number of nitrogens with two attached hydrogens (primary N) is 1. The number of hydrogen-bond acceptors (Lipinski definition) is 4. The van der Waals surface area contributed by atoms with Crippen LogP contribution in [0.2, 0.25) is 0 Å². The molecule has 2 aromatic rings. The van der Waals surface area contributed by atoms with E-state index in [2.05, 4.69) is 5.32 Å². The first kappa shape index (κ1) is 15.1. The van der Waals surface area contributed by atoms with E-state index in [4.69, 9.17) is 9.15 Å². The number of para-hydroxylation sites is 2. The highest BCUT2D eigenvalue weighted by Gasteiger charge is 2.12. The van der Waals surface area contributed by atoms with Crippen molar-refractivity contribution in [3.8, 4) is 5.75 Å². The maximum atomic E-state index is 10.8. The molecule has 21 heavy (non-hydrogen) atoms. The van der Waals surface area contributed by atoms with E-state index >= 15 is 0 Å². The predicted molar refractivity (Wildman–Crippen MR) is 77.0 cm³/mol. The first-order valence-corrected chi connectivity index (χ1v) is 6.97. The summed E-state index contributed by atoms with van der Waals surface area (Å²) in [6.45, 7) is 2.29. The number of nitro benzene ring substituents is 1. The van der Waals surface area contributed by atoms with Gasteiger partial charge in [-0.05, 0) is 31.0 Å². The number of unbranched alkanes of at least 4 members (excludes halogenated alkanes) is 1. The van der Waals surface area contributed by atoms with Gasteiger partial charge < -0.3 is 14.5 Å². The van der Waals surface area contributed by atoms with Crippen LogP contribution in [0.5, 0.6) is 5.75 Å². The normalized spacial score (nSPS) is 10.5. The number of quaternary nitrogens is 1. The van der Waals surface area contributed by atoms with Gasteiger partial charge in [0.2, 0.25) is 0 Å². The summed E-state index contributed by atoms with van der Waals surface area (Å²) in [5, 5.41) is 13.0. The summed E-state index contributed by atoms with van der Waals surface area (Å²) in [5.41, 5.74) is 0.0156. The minimum atomic E-state index is -0.424. The molecule has 0 radical (unpaired) electrons. The Bertz CT molecular complexity index is 555. The van der Waals surface area contributed by atoms with Crippen molar-refractivity contribution in [2.75, 3.05) is 13.2 Å². The van der Waals surface area contributed by atoms with E-state index in [1.165, 1.54) is 6.07 Å². The third-order valence-electron chi connectivity index (χ3n) is 3.05. The van der Waals surface area contributed by atoms with Crippen LogP contribution in [0, 0.1) is 10.1 Å². The van der Waals surface area contributed by atoms with Crippen LogP contribution in [0.1, 0.15) is 18.6 Å². The molecule has 0 saturated carbocycles. The Morgan fingerprint density at radius 2 is 2.05 bits per heavy atom. The predicted octanol–water partition coefficient (Wildman–Crippen LogP) is 2.11. The lowest BCUT2D eigenvalue weighted by atomic mass is 10.3. The molecule has 0 atom stereocenters. The smallest absolute Gasteiger partial charge is 0.310 e. The van der Waals surface area contributed by atoms with Gasteiger partial charge in [-0.2, -0.15) is 0 Å². The number of benzene rings is 1. The second-order valence-electron chi connectivity index (χ2n) is 4.64. The van der Waals surface area contributed by atoms with E-state index in [1.54, 1.807) is 24.5 Å². The number of nitrogens with zero attached hydrogens (tertiary/aromatic N) is 1. The fourth-order valence-corrected chi connectivity index (χ4v) is 1.98. The Morgan fingerprint density at radius 1 is 1.19 bits per heavy atom. The van der Waals surface area contributed by atoms with Gasteiger partial charge in [0.1, 0.15) is 6.54 Å². The Hall–Kier alpha value is -2.34. The van der Waals surface area contributed by atoms with E-state index in [0.29, 0.717) is 12.4 Å². The zero-order valence-electron chi connectivity index (χ0n) is 11.7. The number of furan rings is 1. The fourth-order valence-electron chi connectivity index (χ4n) is 1.98. The summed E-state index contributed by atoms with van der Waals surface area (Å²) in [5.74, 6) is 1.30. The average Bonchev–Trinajstić information content (AvgIpc) is 3.00. The van der Waals surface area contributed by atoms with Crippen molar-refractivity contribution in [1.82, 2.24) is 0 Å². The van der Waals surface area contributed by atoms with Gasteiger partial charge in [-0.1, -0.05) is 12.1 Å². The quantitative estimate of drug-likeness (QED) is 0.436. The van der Waals surface area contributed by atoms with Crippen LogP contribution in [0.25, 0.3) is 0 Å². The number of ether oxygens (including phenoxy) is 1. The summed E-state index contributed by atoms with van der Waals surface area (Å²) in [6, 6.07) is 10.3. The van der Waals surface area contributed by atoms with E-state index in [-0.39, 0.29) is 5.69 Å². The molecular formula is C15H19N2O4+. The summed E-state index contributed by atoms with van der Waals surface area (Å²) in [6.07, 6.45) is 3.52. The van der Waals surface area contributed by atoms with Gasteiger partial charge in [-0.25, -0.2) is 0 Å². The van der Waals surface area contributed by atoms with Gasteiger partial charge in [0.25, 0.3) is 0 Å². The fraction of sp³-hybridized carbons (Fsp3) is 0.333. The third-order valence-corrected chi connectivity index (χ3v) is 3.05. The molecule has 0 unspecified atom stereocenters. The summed E-state index contributed by atoms with van der Waals surface area (Å²) >= 11 is 0. The largest absolute Gasteiger partial charge is 0.487 e. The Kier molecular flexibility index (Phi) is 5.78. The lowest BCUT2D eigenvalue weighted by Crippen LogP contribution is -2.82. The van der Waals surface area contributed by atoms with Gasteiger partial charge in [-0.15, -0.1) is 0 Å². The monoisotopic (exact) mass is 291 g/mol. The molecule has 0 saturated heterocycles. The zero-order valence-corrected chi connectivity index (χ0v) is 11.7. The summed E-state index contributed by atoms with van der Waals surface area (Å²) in [7, 11) is 0. The zero-order chi connectivity index (χ0) is 14.9. The Balaban J connectivity index is 1.60. The maximum Gasteiger partial charge on any atom is 0.310 e. The van der Waals surface area contributed by atoms with Gasteiger partial charge in [0.05, 0.1) is 24.3 Å². The molecule has 2 N–H and O–H groups in total. The number of rotatable bonds is 9. The standard InChI is InChI=1S/C15H18N2O4/c18-17(19)14-7-1-2-8-15(14)21-10-4-3-9-16-12-13-6-5-11-20-13/h1-2,5-8,11,16H,3-4,9-10,12H2/p+1. The molecule has 112 valence electrons. The average molecular weight is 291 g/mol. The molecular weight excluding hydrogens is 272 g/mol. The number of nitro groups is 1. The Labute approximate surface area is 122 Å². The van der Waals surface area contributed by atoms with Crippen LogP contribution in [0.15, 0.2) is 47.1 Å². The minimum Gasteiger partial charge on any atom is -0.487 e. The third kappa shape index (κ3) is 4.92. The molecule has 0 bridgehead atoms. The SMILES string of the molecule is O=[N+]([O-])c1ccccc1OCCCC[NH2+]Cc1ccco1. The second-order valence-corrected chi connectivity index (χ2v) is 4.64. The highest BCUT2D eigenvalue weighted by molar-refractivity contribution is 5.45. The van der Waals surface area contributed by atoms with Crippen LogP contribution in [-0.2, 0) is 6.54 Å². The first-order chi connectivity index (χ1) is 10.3. The minimum absolute atomic E-state index is 0.0156. The lowest BCUT2D eigenvalue weighted by Gasteiger charge is -2.06. The topological polar surface area (TPSA) is 82.1 Å². The molecule has 2 rings (SSSR count). The molecule has 0 spiro atoms. The van der Waals surface area contributed by atoms with E-state index in [9.17, 15) is 10.1 Å². The van der Waals surface area contributed by atoms with Crippen LogP contribution in [-0.4, -0.2) is 18.1 Å². The van der Waals surface area contributed by atoms with Crippen molar-refractivity contribution in [3.63, 3.8) is 0 Å². The molecule has 0 aliphatic rings. The number of hydrogen-bond donors (Lipinski definition) is 1. The highest BCUT2D eigenvalue weighted by Crippen LogP contribution is 2.25. The van der Waals surface area contributed by atoms with Crippen molar-refractivity contribution >= 4 is 5.69 Å². The second kappa shape index (κ2) is 8.06. The molecule has 6 nitrogen and oxygen atoms in total. The molecule has 6 heteroatoms. The summed E-state index contributed by atoms with van der Waals surface area (Å²) in [4.78, 5) is 10.4. The van der Waals surface area contributed by atoms with E-state index in [1.807, 2.05) is 12.1 Å². The van der Waals surface area contributed by atoms with E-state index in [0.717, 1.165) is 31.7 Å². The van der Waals surface area contributed by atoms with Gasteiger partial charge in [0, 0.05) is 6.07 Å². The van der Waals surface area contributed by atoms with Gasteiger partial charge in [0.15, 0.2) is 11.5 Å². The molecule has 0 amide bonds. The maximum absolute atomic E-state index is 10.8. The van der Waals surface area contributed by atoms with E-state index < -0.39 is 4.92 Å². The van der Waals surface area contributed by atoms with Crippen molar-refractivity contribution in [2.24, 2.45) is 0 Å². The first-order valence-electron chi connectivity index (χ1n) is 6.97. The molecule has 0 aliphatic heterocycles. The molecule has 1 heterocycles. The van der Waals surface area contributed by atoms with Crippen molar-refractivity contribution in [1.29, 1.82) is 0 Å². The van der Waals surface area contributed by atoms with Crippen LogP contribution < -0.4 is 10.1 Å².